The van der Waals surface area contributed by atoms with Gasteiger partial charge in [-0.25, -0.2) is 4.98 Å². The summed E-state index contributed by atoms with van der Waals surface area (Å²) in [6.07, 6.45) is 1.07. The highest BCUT2D eigenvalue weighted by Gasteiger charge is 2.20. The molecule has 0 aliphatic carbocycles. The summed E-state index contributed by atoms with van der Waals surface area (Å²) in [5, 5.41) is 3.44. The first-order valence-electron chi connectivity index (χ1n) is 10.5. The number of anilines is 2. The van der Waals surface area contributed by atoms with Crippen LogP contribution in [0, 0.1) is 0 Å². The summed E-state index contributed by atoms with van der Waals surface area (Å²) >= 11 is 0. The van der Waals surface area contributed by atoms with Crippen molar-refractivity contribution in [2.45, 2.75) is 19.9 Å². The van der Waals surface area contributed by atoms with Crippen molar-refractivity contribution in [1.29, 1.82) is 0 Å². The fraction of sp³-hybridized carbons (Fsp3) is 0.333. The summed E-state index contributed by atoms with van der Waals surface area (Å²) in [6.45, 7) is 8.01. The summed E-state index contributed by atoms with van der Waals surface area (Å²) < 4.78 is 0. The van der Waals surface area contributed by atoms with E-state index in [1.165, 1.54) is 5.56 Å². The highest BCUT2D eigenvalue weighted by molar-refractivity contribution is 5.64. The van der Waals surface area contributed by atoms with Crippen LogP contribution in [-0.4, -0.2) is 47.6 Å². The van der Waals surface area contributed by atoms with Crippen molar-refractivity contribution in [1.82, 2.24) is 14.9 Å². The zero-order valence-corrected chi connectivity index (χ0v) is 17.1. The lowest BCUT2D eigenvalue weighted by molar-refractivity contribution is 0.249. The normalized spacial score (nSPS) is 14.7. The topological polar surface area (TPSA) is 44.3 Å². The molecule has 1 N–H and O–H groups in total. The first kappa shape index (κ1) is 19.4. The molecule has 29 heavy (non-hydrogen) atoms. The first-order valence-corrected chi connectivity index (χ1v) is 10.5. The smallest absolute Gasteiger partial charge is 0.227 e. The van der Waals surface area contributed by atoms with Crippen LogP contribution >= 0.6 is 0 Å². The molecule has 0 unspecified atom stereocenters. The lowest BCUT2D eigenvalue weighted by Crippen LogP contribution is -2.46. The first-order chi connectivity index (χ1) is 14.3. The molecular weight excluding hydrogens is 358 g/mol. The van der Waals surface area contributed by atoms with Crippen molar-refractivity contribution in [2.75, 3.05) is 42.9 Å². The maximum absolute atomic E-state index is 4.90. The standard InChI is InChI=1S/C24H29N5/c1-2-13-25-23-18-22(21-11-7-4-8-12-21)26-24(27-23)29-16-14-28(15-17-29)19-20-9-5-3-6-10-20/h3-12,18H,2,13-17,19H2,1H3,(H,25,26,27). The molecule has 4 rings (SSSR count). The molecule has 0 radical (unpaired) electrons. The minimum atomic E-state index is 0.823. The van der Waals surface area contributed by atoms with Gasteiger partial charge in [0, 0.05) is 50.9 Å². The fourth-order valence-corrected chi connectivity index (χ4v) is 3.62. The van der Waals surface area contributed by atoms with Crippen LogP contribution in [0.2, 0.25) is 0 Å². The SMILES string of the molecule is CCCNc1cc(-c2ccccc2)nc(N2CCN(Cc3ccccc3)CC2)n1. The molecule has 0 saturated carbocycles. The van der Waals surface area contributed by atoms with E-state index < -0.39 is 0 Å². The third kappa shape index (κ3) is 5.12. The predicted molar refractivity (Wildman–Crippen MR) is 120 cm³/mol. The van der Waals surface area contributed by atoms with Crippen LogP contribution in [0.15, 0.2) is 66.7 Å². The molecule has 1 saturated heterocycles. The average molecular weight is 388 g/mol. The van der Waals surface area contributed by atoms with E-state index in [-0.39, 0.29) is 0 Å². The Labute approximate surface area is 173 Å². The lowest BCUT2D eigenvalue weighted by Gasteiger charge is -2.35. The van der Waals surface area contributed by atoms with Gasteiger partial charge in [0.15, 0.2) is 0 Å². The Morgan fingerprint density at radius 3 is 2.24 bits per heavy atom. The molecule has 0 bridgehead atoms. The zero-order valence-electron chi connectivity index (χ0n) is 17.1. The van der Waals surface area contributed by atoms with Crippen molar-refractivity contribution in [3.63, 3.8) is 0 Å². The summed E-state index contributed by atoms with van der Waals surface area (Å²) in [4.78, 5) is 14.5. The number of rotatable bonds is 7. The zero-order chi connectivity index (χ0) is 19.9. The third-order valence-corrected chi connectivity index (χ3v) is 5.24. The van der Waals surface area contributed by atoms with Gasteiger partial charge >= 0.3 is 0 Å². The van der Waals surface area contributed by atoms with E-state index in [1.54, 1.807) is 0 Å². The van der Waals surface area contributed by atoms with Crippen LogP contribution in [-0.2, 0) is 6.54 Å². The number of hydrogen-bond donors (Lipinski definition) is 1. The van der Waals surface area contributed by atoms with Gasteiger partial charge in [-0.3, -0.25) is 4.90 Å². The molecule has 0 atom stereocenters. The summed E-state index contributed by atoms with van der Waals surface area (Å²) in [7, 11) is 0. The second kappa shape index (κ2) is 9.52. The van der Waals surface area contributed by atoms with E-state index >= 15 is 0 Å². The fourth-order valence-electron chi connectivity index (χ4n) is 3.62. The van der Waals surface area contributed by atoms with Gasteiger partial charge < -0.3 is 10.2 Å². The van der Waals surface area contributed by atoms with Gasteiger partial charge in [-0.2, -0.15) is 4.98 Å². The van der Waals surface area contributed by atoms with Gasteiger partial charge in [0.1, 0.15) is 5.82 Å². The number of hydrogen-bond acceptors (Lipinski definition) is 5. The van der Waals surface area contributed by atoms with E-state index in [2.05, 4.69) is 82.7 Å². The van der Waals surface area contributed by atoms with Crippen molar-refractivity contribution in [3.05, 3.63) is 72.3 Å². The van der Waals surface area contributed by atoms with E-state index in [0.717, 1.165) is 68.7 Å². The highest BCUT2D eigenvalue weighted by atomic mass is 15.3. The number of aromatic nitrogens is 2. The molecule has 2 heterocycles. The maximum atomic E-state index is 4.90. The van der Waals surface area contributed by atoms with Crippen molar-refractivity contribution < 1.29 is 0 Å². The monoisotopic (exact) mass is 387 g/mol. The van der Waals surface area contributed by atoms with Gasteiger partial charge in [0.05, 0.1) is 5.69 Å². The second-order valence-electron chi connectivity index (χ2n) is 7.48. The number of nitrogens with zero attached hydrogens (tertiary/aromatic N) is 4. The Hall–Kier alpha value is -2.92. The molecule has 0 amide bonds. The molecule has 1 aliphatic heterocycles. The Morgan fingerprint density at radius 1 is 0.862 bits per heavy atom. The van der Waals surface area contributed by atoms with Crippen LogP contribution in [0.5, 0.6) is 0 Å². The van der Waals surface area contributed by atoms with Crippen LogP contribution in [0.3, 0.4) is 0 Å². The number of benzene rings is 2. The van der Waals surface area contributed by atoms with Crippen molar-refractivity contribution >= 4 is 11.8 Å². The summed E-state index contributed by atoms with van der Waals surface area (Å²) in [6, 6.07) is 23.1. The van der Waals surface area contributed by atoms with Crippen LogP contribution in [0.1, 0.15) is 18.9 Å². The third-order valence-electron chi connectivity index (χ3n) is 5.24. The van der Waals surface area contributed by atoms with Gasteiger partial charge in [-0.05, 0) is 12.0 Å². The second-order valence-corrected chi connectivity index (χ2v) is 7.48. The molecule has 1 aliphatic rings. The quantitative estimate of drug-likeness (QED) is 0.655. The molecule has 3 aromatic rings. The molecular formula is C24H29N5. The van der Waals surface area contributed by atoms with Crippen molar-refractivity contribution in [3.8, 4) is 11.3 Å². The summed E-state index contributed by atoms with van der Waals surface area (Å²) in [5.41, 5.74) is 3.47. The molecule has 5 nitrogen and oxygen atoms in total. The lowest BCUT2D eigenvalue weighted by atomic mass is 10.1. The van der Waals surface area contributed by atoms with E-state index in [9.17, 15) is 0 Å². The minimum absolute atomic E-state index is 0.823. The number of nitrogens with one attached hydrogen (secondary N) is 1. The van der Waals surface area contributed by atoms with Gasteiger partial charge in [0.2, 0.25) is 5.95 Å². The van der Waals surface area contributed by atoms with Crippen LogP contribution < -0.4 is 10.2 Å². The Balaban J connectivity index is 1.49. The minimum Gasteiger partial charge on any atom is -0.370 e. The van der Waals surface area contributed by atoms with Crippen LogP contribution in [0.4, 0.5) is 11.8 Å². The Morgan fingerprint density at radius 2 is 1.55 bits per heavy atom. The Bertz CT molecular complexity index is 890. The van der Waals surface area contributed by atoms with Crippen molar-refractivity contribution in [2.24, 2.45) is 0 Å². The molecule has 150 valence electrons. The Kier molecular flexibility index (Phi) is 6.37. The maximum Gasteiger partial charge on any atom is 0.227 e. The molecule has 1 aromatic heterocycles. The van der Waals surface area contributed by atoms with E-state index in [0.29, 0.717) is 0 Å². The summed E-state index contributed by atoms with van der Waals surface area (Å²) in [5.74, 6) is 1.73. The van der Waals surface area contributed by atoms with Gasteiger partial charge in [0.25, 0.3) is 0 Å². The number of piperazine rings is 1. The average Bonchev–Trinajstić information content (AvgIpc) is 2.79. The van der Waals surface area contributed by atoms with Gasteiger partial charge in [-0.15, -0.1) is 0 Å². The van der Waals surface area contributed by atoms with E-state index in [1.807, 2.05) is 6.07 Å². The van der Waals surface area contributed by atoms with Gasteiger partial charge in [-0.1, -0.05) is 67.6 Å². The molecule has 5 heteroatoms. The molecule has 2 aromatic carbocycles. The predicted octanol–water partition coefficient (Wildman–Crippen LogP) is 4.29. The molecule has 0 spiro atoms. The molecule has 1 fully saturated rings. The van der Waals surface area contributed by atoms with Crippen LogP contribution in [0.25, 0.3) is 11.3 Å². The largest absolute Gasteiger partial charge is 0.370 e. The van der Waals surface area contributed by atoms with E-state index in [4.69, 9.17) is 9.97 Å². The highest BCUT2D eigenvalue weighted by Crippen LogP contribution is 2.24.